The normalized spacial score (nSPS) is 10.8. The maximum atomic E-state index is 10.5. The molecule has 12 heavy (non-hydrogen) atoms. The minimum absolute atomic E-state index is 0.0846. The second kappa shape index (κ2) is 4.23. The molecule has 5 heteroatoms. The van der Waals surface area contributed by atoms with E-state index in [0.717, 1.165) is 0 Å². The predicted molar refractivity (Wildman–Crippen MR) is 48.8 cm³/mol. The molecule has 0 bridgehead atoms. The minimum atomic E-state index is -1.01. The molecule has 1 N–H and O–H groups in total. The summed E-state index contributed by atoms with van der Waals surface area (Å²) in [7, 11) is 0. The summed E-state index contributed by atoms with van der Waals surface area (Å²) < 4.78 is 0. The molecule has 3 nitrogen and oxygen atoms in total. The Morgan fingerprint density at radius 1 is 1.83 bits per heavy atom. The maximum absolute atomic E-state index is 10.5. The topological polar surface area (TPSA) is 50.2 Å². The van der Waals surface area contributed by atoms with Gasteiger partial charge >= 0.3 is 5.97 Å². The van der Waals surface area contributed by atoms with Gasteiger partial charge < -0.3 is 5.11 Å². The summed E-state index contributed by atoms with van der Waals surface area (Å²) in [5, 5.41) is 8.63. The summed E-state index contributed by atoms with van der Waals surface area (Å²) in [5.74, 6) is -0.637. The van der Waals surface area contributed by atoms with E-state index in [1.165, 1.54) is 16.8 Å². The van der Waals surface area contributed by atoms with Crippen molar-refractivity contribution in [1.82, 2.24) is 4.98 Å². The number of rotatable bonds is 3. The van der Waals surface area contributed by atoms with Crippen LogP contribution < -0.4 is 0 Å². The Labute approximate surface area is 78.3 Å². The Hall–Kier alpha value is -0.870. The van der Waals surface area contributed by atoms with Gasteiger partial charge in [-0.2, -0.15) is 0 Å². The van der Waals surface area contributed by atoms with Gasteiger partial charge in [0.25, 0.3) is 0 Å². The molecule has 0 radical (unpaired) electrons. The van der Waals surface area contributed by atoms with Crippen LogP contribution in [-0.2, 0) is 0 Å². The summed E-state index contributed by atoms with van der Waals surface area (Å²) in [4.78, 5) is 14.8. The molecule has 1 aromatic rings. The highest BCUT2D eigenvalue weighted by molar-refractivity contribution is 7.10. The van der Waals surface area contributed by atoms with Crippen molar-refractivity contribution in [3.63, 3.8) is 0 Å². The van der Waals surface area contributed by atoms with Gasteiger partial charge in [0.05, 0.1) is 10.4 Å². The molecule has 0 saturated carbocycles. The van der Waals surface area contributed by atoms with Gasteiger partial charge in [-0.25, -0.2) is 9.78 Å². The van der Waals surface area contributed by atoms with Gasteiger partial charge in [0.15, 0.2) is 5.69 Å². The summed E-state index contributed by atoms with van der Waals surface area (Å²) in [6.07, 6.45) is 3.34. The molecule has 0 saturated heterocycles. The first-order valence-electron chi connectivity index (χ1n) is 3.15. The van der Waals surface area contributed by atoms with Crippen molar-refractivity contribution < 1.29 is 9.90 Å². The van der Waals surface area contributed by atoms with Gasteiger partial charge in [0, 0.05) is 5.88 Å². The zero-order chi connectivity index (χ0) is 8.97. The summed E-state index contributed by atoms with van der Waals surface area (Å²) in [6.45, 7) is 0. The fourth-order valence-corrected chi connectivity index (χ4v) is 1.47. The van der Waals surface area contributed by atoms with Gasteiger partial charge in [-0.05, 0) is 6.08 Å². The van der Waals surface area contributed by atoms with Gasteiger partial charge in [0.1, 0.15) is 0 Å². The molecular weight excluding hydrogens is 198 g/mol. The van der Waals surface area contributed by atoms with E-state index in [9.17, 15) is 4.79 Å². The molecule has 0 amide bonds. The van der Waals surface area contributed by atoms with Gasteiger partial charge in [-0.1, -0.05) is 6.08 Å². The van der Waals surface area contributed by atoms with E-state index in [1.807, 2.05) is 0 Å². The second-order valence-corrected chi connectivity index (χ2v) is 3.12. The smallest absolute Gasteiger partial charge is 0.356 e. The van der Waals surface area contributed by atoms with Crippen molar-refractivity contribution in [3.05, 3.63) is 22.2 Å². The molecule has 0 aliphatic carbocycles. The van der Waals surface area contributed by atoms with Gasteiger partial charge in [0.2, 0.25) is 0 Å². The number of halogens is 1. The molecule has 0 aliphatic rings. The first-order chi connectivity index (χ1) is 5.75. The molecule has 1 aromatic heterocycles. The first kappa shape index (κ1) is 9.22. The lowest BCUT2D eigenvalue weighted by atomic mass is 10.3. The Morgan fingerprint density at radius 3 is 3.17 bits per heavy atom. The third-order valence-corrected chi connectivity index (χ3v) is 2.13. The molecule has 64 valence electrons. The molecule has 0 aromatic carbocycles. The quantitative estimate of drug-likeness (QED) is 0.766. The Kier molecular flexibility index (Phi) is 3.25. The van der Waals surface area contributed by atoms with Crippen LogP contribution in [0.5, 0.6) is 0 Å². The zero-order valence-electron chi connectivity index (χ0n) is 6.03. The zero-order valence-corrected chi connectivity index (χ0v) is 7.60. The van der Waals surface area contributed by atoms with Crippen molar-refractivity contribution >= 4 is 35.0 Å². The van der Waals surface area contributed by atoms with E-state index in [-0.39, 0.29) is 5.69 Å². The number of carboxylic acid groups (broad SMARTS) is 1. The number of aromatic nitrogens is 1. The number of allylic oxidation sites excluding steroid dienone is 1. The number of alkyl halides is 1. The number of thiazole rings is 1. The van der Waals surface area contributed by atoms with Crippen LogP contribution in [0.2, 0.25) is 0 Å². The highest BCUT2D eigenvalue weighted by Crippen LogP contribution is 2.14. The third kappa shape index (κ3) is 2.06. The lowest BCUT2D eigenvalue weighted by molar-refractivity contribution is 0.0691. The van der Waals surface area contributed by atoms with Crippen LogP contribution in [0.4, 0.5) is 0 Å². The van der Waals surface area contributed by atoms with Gasteiger partial charge in [-0.15, -0.1) is 22.9 Å². The number of aromatic carboxylic acids is 1. The van der Waals surface area contributed by atoms with E-state index in [2.05, 4.69) is 4.98 Å². The fourth-order valence-electron chi connectivity index (χ4n) is 0.686. The highest BCUT2D eigenvalue weighted by atomic mass is 35.5. The van der Waals surface area contributed by atoms with Crippen LogP contribution in [0.1, 0.15) is 15.4 Å². The fraction of sp³-hybridized carbons (Fsp3) is 0.143. The summed E-state index contributed by atoms with van der Waals surface area (Å²) in [5.41, 5.74) is 1.58. The lowest BCUT2D eigenvalue weighted by Crippen LogP contribution is -1.97. The van der Waals surface area contributed by atoms with E-state index in [0.29, 0.717) is 10.8 Å². The SMILES string of the molecule is O=C(O)c1ncsc1C=CCCl. The van der Waals surface area contributed by atoms with Gasteiger partial charge in [-0.3, -0.25) is 0 Å². The van der Waals surface area contributed by atoms with E-state index in [1.54, 1.807) is 12.2 Å². The number of hydrogen-bond acceptors (Lipinski definition) is 3. The molecular formula is C7H6ClNO2S. The van der Waals surface area contributed by atoms with Crippen LogP contribution in [0, 0.1) is 0 Å². The lowest BCUT2D eigenvalue weighted by Gasteiger charge is -1.88. The molecule has 1 rings (SSSR count). The number of nitrogens with zero attached hydrogens (tertiary/aromatic N) is 1. The molecule has 0 unspecified atom stereocenters. The van der Waals surface area contributed by atoms with Crippen molar-refractivity contribution in [2.45, 2.75) is 0 Å². The average Bonchev–Trinajstić information content (AvgIpc) is 2.48. The minimum Gasteiger partial charge on any atom is -0.476 e. The Balaban J connectivity index is 2.91. The maximum Gasteiger partial charge on any atom is 0.356 e. The van der Waals surface area contributed by atoms with Crippen molar-refractivity contribution in [2.24, 2.45) is 0 Å². The highest BCUT2D eigenvalue weighted by Gasteiger charge is 2.09. The summed E-state index contributed by atoms with van der Waals surface area (Å²) in [6, 6.07) is 0. The third-order valence-electron chi connectivity index (χ3n) is 1.16. The largest absolute Gasteiger partial charge is 0.476 e. The van der Waals surface area contributed by atoms with E-state index < -0.39 is 5.97 Å². The average molecular weight is 204 g/mol. The number of carbonyl (C=O) groups is 1. The standard InChI is InChI=1S/C7H6ClNO2S/c8-3-1-2-5-6(7(10)11)9-4-12-5/h1-2,4H,3H2,(H,10,11). The monoisotopic (exact) mass is 203 g/mol. The Morgan fingerprint density at radius 2 is 2.58 bits per heavy atom. The molecule has 0 aliphatic heterocycles. The van der Waals surface area contributed by atoms with Crippen LogP contribution in [0.15, 0.2) is 11.6 Å². The molecule has 0 atom stereocenters. The number of carboxylic acids is 1. The predicted octanol–water partition coefficient (Wildman–Crippen LogP) is 2.09. The van der Waals surface area contributed by atoms with Crippen molar-refractivity contribution in [2.75, 3.05) is 5.88 Å². The van der Waals surface area contributed by atoms with Crippen molar-refractivity contribution in [1.29, 1.82) is 0 Å². The van der Waals surface area contributed by atoms with E-state index >= 15 is 0 Å². The first-order valence-corrected chi connectivity index (χ1v) is 4.56. The number of hydrogen-bond donors (Lipinski definition) is 1. The Bertz CT molecular complexity index is 308. The molecule has 1 heterocycles. The van der Waals surface area contributed by atoms with Crippen LogP contribution in [0.25, 0.3) is 6.08 Å². The molecule has 0 spiro atoms. The van der Waals surface area contributed by atoms with Crippen LogP contribution in [-0.4, -0.2) is 21.9 Å². The van der Waals surface area contributed by atoms with Crippen LogP contribution in [0.3, 0.4) is 0 Å². The second-order valence-electron chi connectivity index (χ2n) is 1.93. The van der Waals surface area contributed by atoms with Crippen LogP contribution >= 0.6 is 22.9 Å². The van der Waals surface area contributed by atoms with Crippen molar-refractivity contribution in [3.8, 4) is 0 Å². The van der Waals surface area contributed by atoms with E-state index in [4.69, 9.17) is 16.7 Å². The summed E-state index contributed by atoms with van der Waals surface area (Å²) >= 11 is 6.68. The molecule has 0 fully saturated rings.